The molecule has 1 aromatic heterocycles. The molecule has 2 rings (SSSR count). The van der Waals surface area contributed by atoms with Gasteiger partial charge in [-0.05, 0) is 25.0 Å². The van der Waals surface area contributed by atoms with Crippen molar-refractivity contribution in [2.75, 3.05) is 0 Å². The first-order valence-corrected chi connectivity index (χ1v) is 7.07. The summed E-state index contributed by atoms with van der Waals surface area (Å²) in [7, 11) is 0. The summed E-state index contributed by atoms with van der Waals surface area (Å²) >= 11 is 0. The van der Waals surface area contributed by atoms with E-state index in [1.807, 2.05) is 60.2 Å². The molecule has 0 aliphatic rings. The molecule has 5 heteroatoms. The van der Waals surface area contributed by atoms with E-state index in [0.29, 0.717) is 12.2 Å². The van der Waals surface area contributed by atoms with Crippen LogP contribution in [-0.2, 0) is 6.42 Å². The van der Waals surface area contributed by atoms with Gasteiger partial charge in [0.1, 0.15) is 5.82 Å². The van der Waals surface area contributed by atoms with Crippen molar-refractivity contribution in [3.63, 3.8) is 0 Å². The van der Waals surface area contributed by atoms with E-state index in [2.05, 4.69) is 16.9 Å². The summed E-state index contributed by atoms with van der Waals surface area (Å²) < 4.78 is 1.85. The van der Waals surface area contributed by atoms with E-state index in [1.54, 1.807) is 6.20 Å². The zero-order valence-electron chi connectivity index (χ0n) is 12.6. The minimum Gasteiger partial charge on any atom is -0.352 e. The Kier molecular flexibility index (Phi) is 5.14. The maximum absolute atomic E-state index is 11.3. The van der Waals surface area contributed by atoms with Crippen LogP contribution in [0.25, 0.3) is 5.70 Å². The molecule has 22 heavy (non-hydrogen) atoms. The highest BCUT2D eigenvalue weighted by Gasteiger charge is 2.19. The zero-order valence-corrected chi connectivity index (χ0v) is 12.6. The number of rotatable bonds is 6. The summed E-state index contributed by atoms with van der Waals surface area (Å²) in [5.41, 5.74) is 7.18. The van der Waals surface area contributed by atoms with Crippen LogP contribution in [0.3, 0.4) is 0 Å². The fourth-order valence-electron chi connectivity index (χ4n) is 2.32. The number of aromatic nitrogens is 2. The number of urea groups is 1. The molecule has 1 aromatic carbocycles. The molecule has 0 fully saturated rings. The second kappa shape index (κ2) is 7.26. The fourth-order valence-corrected chi connectivity index (χ4v) is 2.32. The highest BCUT2D eigenvalue weighted by atomic mass is 16.2. The molecule has 0 aliphatic heterocycles. The second-order valence-corrected chi connectivity index (χ2v) is 4.90. The van der Waals surface area contributed by atoms with E-state index in [0.717, 1.165) is 11.3 Å². The molecule has 0 spiro atoms. The largest absolute Gasteiger partial charge is 0.352 e. The van der Waals surface area contributed by atoms with E-state index in [1.165, 1.54) is 0 Å². The van der Waals surface area contributed by atoms with Gasteiger partial charge >= 0.3 is 6.03 Å². The van der Waals surface area contributed by atoms with Crippen molar-refractivity contribution in [1.29, 1.82) is 0 Å². The number of carbonyl (C=O) groups excluding carboxylic acids is 1. The van der Waals surface area contributed by atoms with Crippen LogP contribution >= 0.6 is 0 Å². The summed E-state index contributed by atoms with van der Waals surface area (Å²) in [6.07, 6.45) is 7.89. The molecular formula is C17H20N4O. The number of primary amides is 1. The Bertz CT molecular complexity index is 673. The summed E-state index contributed by atoms with van der Waals surface area (Å²) in [6.45, 7) is 5.93. The second-order valence-electron chi connectivity index (χ2n) is 4.90. The number of hydrogen-bond acceptors (Lipinski definition) is 2. The van der Waals surface area contributed by atoms with Gasteiger partial charge in [0.05, 0.1) is 6.04 Å². The number of hydrogen-bond donors (Lipinski definition) is 2. The molecular weight excluding hydrogens is 276 g/mol. The van der Waals surface area contributed by atoms with Gasteiger partial charge in [0.2, 0.25) is 0 Å². The van der Waals surface area contributed by atoms with Crippen LogP contribution in [0.2, 0.25) is 0 Å². The van der Waals surface area contributed by atoms with E-state index in [4.69, 9.17) is 5.73 Å². The van der Waals surface area contributed by atoms with Gasteiger partial charge in [0.15, 0.2) is 0 Å². The molecule has 0 radical (unpaired) electrons. The van der Waals surface area contributed by atoms with Gasteiger partial charge in [-0.1, -0.05) is 43.0 Å². The molecule has 5 nitrogen and oxygen atoms in total. The molecule has 0 unspecified atom stereocenters. The third-order valence-corrected chi connectivity index (χ3v) is 3.25. The molecule has 0 saturated carbocycles. The number of carbonyl (C=O) groups is 1. The van der Waals surface area contributed by atoms with Gasteiger partial charge in [-0.3, -0.25) is 0 Å². The summed E-state index contributed by atoms with van der Waals surface area (Å²) in [6, 6.07) is 8.98. The SMILES string of the molecule is C=C(/C=C\C)n1ccnc1[C@H](Cc1ccccc1)NC(N)=O. The van der Waals surface area contributed by atoms with E-state index >= 15 is 0 Å². The molecule has 2 aromatic rings. The number of nitrogens with one attached hydrogen (secondary N) is 1. The number of allylic oxidation sites excluding steroid dienone is 3. The van der Waals surface area contributed by atoms with E-state index < -0.39 is 6.03 Å². The van der Waals surface area contributed by atoms with E-state index in [-0.39, 0.29) is 6.04 Å². The summed E-state index contributed by atoms with van der Waals surface area (Å²) in [4.78, 5) is 15.7. The molecule has 0 bridgehead atoms. The quantitative estimate of drug-likeness (QED) is 0.804. The highest BCUT2D eigenvalue weighted by Crippen LogP contribution is 2.20. The smallest absolute Gasteiger partial charge is 0.312 e. The summed E-state index contributed by atoms with van der Waals surface area (Å²) in [5, 5.41) is 2.76. The van der Waals surface area contributed by atoms with Gasteiger partial charge in [-0.2, -0.15) is 0 Å². The third kappa shape index (κ3) is 3.85. The predicted octanol–water partition coefficient (Wildman–Crippen LogP) is 2.88. The first kappa shape index (κ1) is 15.6. The minimum atomic E-state index is -0.577. The number of imidazole rings is 1. The van der Waals surface area contributed by atoms with Crippen LogP contribution in [0.15, 0.2) is 61.5 Å². The Balaban J connectivity index is 2.32. The minimum absolute atomic E-state index is 0.322. The Morgan fingerprint density at radius 2 is 2.18 bits per heavy atom. The van der Waals surface area contributed by atoms with Crippen LogP contribution < -0.4 is 11.1 Å². The fraction of sp³-hybridized carbons (Fsp3) is 0.176. The first-order chi connectivity index (χ1) is 10.6. The normalized spacial score (nSPS) is 12.2. The van der Waals surface area contributed by atoms with Gasteiger partial charge < -0.3 is 15.6 Å². The Morgan fingerprint density at radius 1 is 1.45 bits per heavy atom. The molecule has 2 amide bonds. The van der Waals surface area contributed by atoms with Crippen molar-refractivity contribution in [1.82, 2.24) is 14.9 Å². The standard InChI is InChI=1S/C17H20N4O/c1-3-7-13(2)21-11-10-19-16(21)15(20-17(18)22)12-14-8-5-4-6-9-14/h3-11,15H,2,12H2,1H3,(H3,18,20,22)/b7-3-/t15-/m0/s1. The van der Waals surface area contributed by atoms with Crippen LogP contribution in [0.4, 0.5) is 4.79 Å². The number of amides is 2. The van der Waals surface area contributed by atoms with Gasteiger partial charge in [0.25, 0.3) is 0 Å². The number of nitrogens with zero attached hydrogens (tertiary/aromatic N) is 2. The highest BCUT2D eigenvalue weighted by molar-refractivity contribution is 5.72. The van der Waals surface area contributed by atoms with Gasteiger partial charge in [0, 0.05) is 18.1 Å². The maximum Gasteiger partial charge on any atom is 0.312 e. The average molecular weight is 296 g/mol. The lowest BCUT2D eigenvalue weighted by atomic mass is 10.1. The average Bonchev–Trinajstić information content (AvgIpc) is 2.97. The van der Waals surface area contributed by atoms with Crippen molar-refractivity contribution < 1.29 is 4.79 Å². The lowest BCUT2D eigenvalue weighted by Crippen LogP contribution is -2.35. The lowest BCUT2D eigenvalue weighted by molar-refractivity contribution is 0.244. The lowest BCUT2D eigenvalue weighted by Gasteiger charge is -2.19. The van der Waals surface area contributed by atoms with Crippen LogP contribution in [0.1, 0.15) is 24.4 Å². The van der Waals surface area contributed by atoms with Crippen molar-refractivity contribution in [3.8, 4) is 0 Å². The third-order valence-electron chi connectivity index (χ3n) is 3.25. The van der Waals surface area contributed by atoms with Crippen molar-refractivity contribution in [2.45, 2.75) is 19.4 Å². The van der Waals surface area contributed by atoms with Crippen molar-refractivity contribution in [2.24, 2.45) is 5.73 Å². The molecule has 0 aliphatic carbocycles. The Labute approximate surface area is 130 Å². The summed E-state index contributed by atoms with van der Waals surface area (Å²) in [5.74, 6) is 0.700. The predicted molar refractivity (Wildman–Crippen MR) is 88.0 cm³/mol. The van der Waals surface area contributed by atoms with E-state index in [9.17, 15) is 4.79 Å². The molecule has 0 saturated heterocycles. The topological polar surface area (TPSA) is 72.9 Å². The molecule has 1 heterocycles. The van der Waals surface area contributed by atoms with Gasteiger partial charge in [-0.25, -0.2) is 9.78 Å². The molecule has 114 valence electrons. The maximum atomic E-state index is 11.3. The van der Waals surface area contributed by atoms with Crippen LogP contribution in [-0.4, -0.2) is 15.6 Å². The zero-order chi connectivity index (χ0) is 15.9. The number of benzene rings is 1. The molecule has 1 atom stereocenters. The van der Waals surface area contributed by atoms with Crippen LogP contribution in [0, 0.1) is 0 Å². The van der Waals surface area contributed by atoms with Crippen molar-refractivity contribution >= 4 is 11.7 Å². The van der Waals surface area contributed by atoms with Crippen molar-refractivity contribution in [3.05, 3.63) is 72.8 Å². The number of nitrogens with two attached hydrogens (primary N) is 1. The first-order valence-electron chi connectivity index (χ1n) is 7.07. The Morgan fingerprint density at radius 3 is 2.82 bits per heavy atom. The molecule has 3 N–H and O–H groups in total. The monoisotopic (exact) mass is 296 g/mol. The Hall–Kier alpha value is -2.82. The van der Waals surface area contributed by atoms with Crippen LogP contribution in [0.5, 0.6) is 0 Å². The van der Waals surface area contributed by atoms with Gasteiger partial charge in [-0.15, -0.1) is 0 Å².